The second kappa shape index (κ2) is 8.18. The Bertz CT molecular complexity index is 728. The molecule has 130 valence electrons. The fourth-order valence-corrected chi connectivity index (χ4v) is 2.35. The minimum absolute atomic E-state index is 0.0268. The van der Waals surface area contributed by atoms with Crippen molar-refractivity contribution in [2.45, 2.75) is 45.4 Å². The number of carbonyl (C=O) groups is 1. The summed E-state index contributed by atoms with van der Waals surface area (Å²) in [4.78, 5) is 25.9. The van der Waals surface area contributed by atoms with Gasteiger partial charge in [-0.05, 0) is 16.3 Å². The number of hydrogen-bond donors (Lipinski definition) is 2. The summed E-state index contributed by atoms with van der Waals surface area (Å²) < 4.78 is 1.19. The van der Waals surface area contributed by atoms with Gasteiger partial charge in [-0.15, -0.1) is 10.2 Å². The third-order valence-electron chi connectivity index (χ3n) is 3.67. The van der Waals surface area contributed by atoms with E-state index in [1.54, 1.807) is 0 Å². The predicted molar refractivity (Wildman–Crippen MR) is 87.6 cm³/mol. The van der Waals surface area contributed by atoms with E-state index >= 15 is 0 Å². The molecule has 2 aromatic rings. The molecule has 3 N–H and O–H groups in total. The molecule has 2 aromatic heterocycles. The molecule has 0 saturated heterocycles. The van der Waals surface area contributed by atoms with Crippen molar-refractivity contribution in [1.29, 1.82) is 0 Å². The lowest BCUT2D eigenvalue weighted by atomic mass is 10.1. The van der Waals surface area contributed by atoms with Crippen LogP contribution in [-0.2, 0) is 0 Å². The van der Waals surface area contributed by atoms with Crippen LogP contribution in [-0.4, -0.2) is 37.0 Å². The van der Waals surface area contributed by atoms with E-state index in [2.05, 4.69) is 27.4 Å². The van der Waals surface area contributed by atoms with Gasteiger partial charge in [0, 0.05) is 6.54 Å². The van der Waals surface area contributed by atoms with E-state index in [4.69, 9.17) is 5.73 Å². The van der Waals surface area contributed by atoms with Crippen molar-refractivity contribution in [3.05, 3.63) is 22.1 Å². The summed E-state index contributed by atoms with van der Waals surface area (Å²) in [6.07, 6.45) is 7.87. The molecule has 10 nitrogen and oxygen atoms in total. The highest BCUT2D eigenvalue weighted by molar-refractivity contribution is 5.96. The molecule has 0 unspecified atom stereocenters. The van der Waals surface area contributed by atoms with Crippen LogP contribution in [0.25, 0.3) is 5.65 Å². The van der Waals surface area contributed by atoms with E-state index in [-0.39, 0.29) is 17.2 Å². The van der Waals surface area contributed by atoms with Crippen LogP contribution in [0, 0.1) is 10.1 Å². The summed E-state index contributed by atoms with van der Waals surface area (Å²) in [5.74, 6) is -0.930. The average Bonchev–Trinajstić information content (AvgIpc) is 2.99. The highest BCUT2D eigenvalue weighted by Gasteiger charge is 2.23. The van der Waals surface area contributed by atoms with Crippen LogP contribution in [0.3, 0.4) is 0 Å². The zero-order chi connectivity index (χ0) is 17.5. The number of unbranched alkanes of at least 4 members (excludes halogenated alkanes) is 5. The molecule has 0 radical (unpaired) electrons. The highest BCUT2D eigenvalue weighted by Crippen LogP contribution is 2.18. The summed E-state index contributed by atoms with van der Waals surface area (Å²) >= 11 is 0. The molecule has 10 heteroatoms. The van der Waals surface area contributed by atoms with E-state index in [1.165, 1.54) is 23.7 Å². The molecule has 0 atom stereocenters. The number of nitrogens with two attached hydrogens (primary N) is 1. The highest BCUT2D eigenvalue weighted by atomic mass is 16.6. The Labute approximate surface area is 138 Å². The smallest absolute Gasteiger partial charge is 0.383 e. The third kappa shape index (κ3) is 3.94. The SMILES string of the molecule is CCCCCCCCNC(=O)c1nnc2c([N+](=O)[O-])ncn2c1N. The number of aromatic nitrogens is 4. The van der Waals surface area contributed by atoms with Gasteiger partial charge in [0.15, 0.2) is 5.69 Å². The summed E-state index contributed by atoms with van der Waals surface area (Å²) in [5.41, 5.74) is 5.69. The maximum atomic E-state index is 12.1. The molecule has 0 saturated carbocycles. The average molecular weight is 335 g/mol. The molecule has 24 heavy (non-hydrogen) atoms. The topological polar surface area (TPSA) is 141 Å². The van der Waals surface area contributed by atoms with Crippen LogP contribution < -0.4 is 11.1 Å². The Morgan fingerprint density at radius 2 is 2.00 bits per heavy atom. The molecule has 1 amide bonds. The van der Waals surface area contributed by atoms with Gasteiger partial charge >= 0.3 is 5.82 Å². The standard InChI is InChI=1S/C14H21N7O3/c1-2-3-4-5-6-7-8-16-14(22)10-11(15)20-9-17-12(21(23)24)13(20)19-18-10/h9H,2-8,15H2,1H3,(H,16,22). The molecule has 0 spiro atoms. The third-order valence-corrected chi connectivity index (χ3v) is 3.67. The summed E-state index contributed by atoms with van der Waals surface area (Å²) in [6.45, 7) is 2.69. The lowest BCUT2D eigenvalue weighted by Gasteiger charge is -2.07. The fraction of sp³-hybridized carbons (Fsp3) is 0.571. The maximum absolute atomic E-state index is 12.1. The molecular weight excluding hydrogens is 314 g/mol. The van der Waals surface area contributed by atoms with Crippen molar-refractivity contribution in [3.63, 3.8) is 0 Å². The number of amides is 1. The van der Waals surface area contributed by atoms with Gasteiger partial charge < -0.3 is 21.2 Å². The van der Waals surface area contributed by atoms with Gasteiger partial charge in [-0.3, -0.25) is 4.79 Å². The molecule has 0 aromatic carbocycles. The largest absolute Gasteiger partial charge is 0.411 e. The second-order valence-electron chi connectivity index (χ2n) is 5.48. The van der Waals surface area contributed by atoms with Crippen LogP contribution in [0.4, 0.5) is 11.6 Å². The van der Waals surface area contributed by atoms with Gasteiger partial charge in [-0.25, -0.2) is 4.40 Å². The Morgan fingerprint density at radius 1 is 1.29 bits per heavy atom. The number of imidazole rings is 1. The van der Waals surface area contributed by atoms with Crippen molar-refractivity contribution < 1.29 is 9.72 Å². The number of fused-ring (bicyclic) bond motifs is 1. The Balaban J connectivity index is 1.95. The van der Waals surface area contributed by atoms with Gasteiger partial charge in [-0.2, -0.15) is 0 Å². The first kappa shape index (κ1) is 17.6. The second-order valence-corrected chi connectivity index (χ2v) is 5.48. The van der Waals surface area contributed by atoms with Crippen LogP contribution in [0.5, 0.6) is 0 Å². The molecule has 0 fully saturated rings. The minimum atomic E-state index is -0.679. The van der Waals surface area contributed by atoms with E-state index in [0.29, 0.717) is 6.54 Å². The van der Waals surface area contributed by atoms with E-state index in [0.717, 1.165) is 25.6 Å². The number of nitrogen functional groups attached to an aromatic ring is 1. The van der Waals surface area contributed by atoms with Crippen molar-refractivity contribution in [2.75, 3.05) is 12.3 Å². The zero-order valence-electron chi connectivity index (χ0n) is 13.6. The van der Waals surface area contributed by atoms with Crippen molar-refractivity contribution in [2.24, 2.45) is 0 Å². The number of nitrogens with one attached hydrogen (secondary N) is 1. The molecule has 2 heterocycles. The Hall–Kier alpha value is -2.78. The number of rotatable bonds is 9. The monoisotopic (exact) mass is 335 g/mol. The summed E-state index contributed by atoms with van der Waals surface area (Å²) in [6, 6.07) is 0. The maximum Gasteiger partial charge on any atom is 0.411 e. The predicted octanol–water partition coefficient (Wildman–Crippen LogP) is 1.70. The van der Waals surface area contributed by atoms with Crippen LogP contribution in [0.15, 0.2) is 6.33 Å². The Kier molecular flexibility index (Phi) is 5.99. The fourth-order valence-electron chi connectivity index (χ4n) is 2.35. The number of nitro groups is 1. The van der Waals surface area contributed by atoms with Crippen molar-refractivity contribution in [1.82, 2.24) is 24.9 Å². The quantitative estimate of drug-likeness (QED) is 0.403. The molecule has 2 rings (SSSR count). The zero-order valence-corrected chi connectivity index (χ0v) is 13.6. The first-order valence-corrected chi connectivity index (χ1v) is 7.98. The van der Waals surface area contributed by atoms with Gasteiger partial charge in [-0.1, -0.05) is 39.0 Å². The number of carbonyl (C=O) groups excluding carboxylic acids is 1. The number of hydrogen-bond acceptors (Lipinski definition) is 7. The first-order chi connectivity index (χ1) is 11.6. The van der Waals surface area contributed by atoms with Gasteiger partial charge in [0.25, 0.3) is 11.6 Å². The number of anilines is 1. The lowest BCUT2D eigenvalue weighted by molar-refractivity contribution is -0.387. The number of nitrogens with zero attached hydrogens (tertiary/aromatic N) is 5. The van der Waals surface area contributed by atoms with Crippen LogP contribution in [0.1, 0.15) is 55.9 Å². The van der Waals surface area contributed by atoms with Gasteiger partial charge in [0.1, 0.15) is 5.82 Å². The molecule has 0 bridgehead atoms. The summed E-state index contributed by atoms with van der Waals surface area (Å²) in [7, 11) is 0. The van der Waals surface area contributed by atoms with Gasteiger partial charge in [0.05, 0.1) is 0 Å². The van der Waals surface area contributed by atoms with Crippen molar-refractivity contribution in [3.8, 4) is 0 Å². The molecule has 0 aliphatic heterocycles. The molecule has 0 aliphatic rings. The van der Waals surface area contributed by atoms with E-state index in [9.17, 15) is 14.9 Å². The molecular formula is C14H21N7O3. The summed E-state index contributed by atoms with van der Waals surface area (Å²) in [5, 5.41) is 21.0. The normalized spacial score (nSPS) is 10.9. The van der Waals surface area contributed by atoms with E-state index < -0.39 is 16.6 Å². The van der Waals surface area contributed by atoms with Crippen molar-refractivity contribution >= 4 is 23.2 Å². The molecule has 0 aliphatic carbocycles. The van der Waals surface area contributed by atoms with Gasteiger partial charge in [0.2, 0.25) is 6.33 Å². The first-order valence-electron chi connectivity index (χ1n) is 7.98. The van der Waals surface area contributed by atoms with Crippen LogP contribution in [0.2, 0.25) is 0 Å². The lowest BCUT2D eigenvalue weighted by Crippen LogP contribution is -2.27. The Morgan fingerprint density at radius 3 is 2.71 bits per heavy atom. The van der Waals surface area contributed by atoms with Crippen LogP contribution >= 0.6 is 0 Å². The van der Waals surface area contributed by atoms with E-state index in [1.807, 2.05) is 0 Å². The minimum Gasteiger partial charge on any atom is -0.383 e.